The Morgan fingerprint density at radius 3 is 1.55 bits per heavy atom. The third-order valence-corrected chi connectivity index (χ3v) is 11.5. The van der Waals surface area contributed by atoms with Crippen molar-refractivity contribution in [3.63, 3.8) is 0 Å². The Morgan fingerprint density at radius 1 is 0.392 bits per heavy atom. The molecule has 2 heterocycles. The zero-order valence-corrected chi connectivity index (χ0v) is 29.1. The van der Waals surface area contributed by atoms with Crippen molar-refractivity contribution < 1.29 is 0 Å². The van der Waals surface area contributed by atoms with Gasteiger partial charge in [-0.3, -0.25) is 0 Å². The van der Waals surface area contributed by atoms with Crippen LogP contribution in [0, 0.1) is 11.3 Å². The van der Waals surface area contributed by atoms with Crippen LogP contribution in [0.15, 0.2) is 170 Å². The zero-order valence-electron chi connectivity index (χ0n) is 27.4. The second-order valence-electron chi connectivity index (χ2n) is 12.4. The summed E-state index contributed by atoms with van der Waals surface area (Å²) < 4.78 is 2.73. The Hall–Kier alpha value is -6.44. The first-order valence-electron chi connectivity index (χ1n) is 16.7. The summed E-state index contributed by atoms with van der Waals surface area (Å²) in [6.45, 7) is 0. The van der Waals surface area contributed by atoms with Gasteiger partial charge in [0.2, 0.25) is 0 Å². The Kier molecular flexibility index (Phi) is 7.87. The van der Waals surface area contributed by atoms with Crippen molar-refractivity contribution in [2.24, 2.45) is 0 Å². The van der Waals surface area contributed by atoms with E-state index in [-0.39, 0.29) is 14.5 Å². The molecule has 0 amide bonds. The Labute approximate surface area is 301 Å². The Bertz CT molecular complexity index is 2730. The van der Waals surface area contributed by atoms with E-state index >= 15 is 0 Å². The van der Waals surface area contributed by atoms with Crippen molar-refractivity contribution in [3.05, 3.63) is 175 Å². The fraction of sp³-hybridized carbons (Fsp3) is 0. The molecule has 0 radical (unpaired) electrons. The summed E-state index contributed by atoms with van der Waals surface area (Å²) in [6.07, 6.45) is 0. The van der Waals surface area contributed by atoms with Crippen molar-refractivity contribution in [2.45, 2.75) is 0 Å². The average molecular weight is 716 g/mol. The molecule has 0 unspecified atom stereocenters. The Balaban J connectivity index is 1.16. The molecule has 0 fully saturated rings. The van der Waals surface area contributed by atoms with Gasteiger partial charge in [-0.1, -0.05) is 24.3 Å². The minimum absolute atomic E-state index is 0.163. The van der Waals surface area contributed by atoms with Gasteiger partial charge in [0.15, 0.2) is 0 Å². The van der Waals surface area contributed by atoms with E-state index in [2.05, 4.69) is 133 Å². The molecular formula is C46H28N4Se. The number of aromatic nitrogens is 3. The number of rotatable bonds is 6. The second-order valence-corrected chi connectivity index (χ2v) is 14.7. The van der Waals surface area contributed by atoms with E-state index in [9.17, 15) is 5.26 Å². The molecule has 2 aromatic heterocycles. The van der Waals surface area contributed by atoms with Gasteiger partial charge in [0, 0.05) is 0 Å². The van der Waals surface area contributed by atoms with Crippen LogP contribution in [0.25, 0.3) is 86.8 Å². The third kappa shape index (κ3) is 5.94. The van der Waals surface area contributed by atoms with Crippen molar-refractivity contribution in [3.8, 4) is 73.6 Å². The average Bonchev–Trinajstić information content (AvgIpc) is 3.60. The first-order chi connectivity index (χ1) is 25.2. The minimum atomic E-state index is 0.163. The predicted molar refractivity (Wildman–Crippen MR) is 209 cm³/mol. The van der Waals surface area contributed by atoms with E-state index in [0.29, 0.717) is 23.0 Å². The maximum atomic E-state index is 9.40. The number of benzene rings is 7. The molecule has 0 saturated carbocycles. The summed E-state index contributed by atoms with van der Waals surface area (Å²) in [5.74, 6) is 1.88. The summed E-state index contributed by atoms with van der Waals surface area (Å²) in [5, 5.41) is 12.0. The molecule has 0 atom stereocenters. The van der Waals surface area contributed by atoms with Gasteiger partial charge in [-0.25, -0.2) is 0 Å². The van der Waals surface area contributed by atoms with Crippen LogP contribution >= 0.6 is 0 Å². The molecule has 7 aromatic carbocycles. The van der Waals surface area contributed by atoms with Crippen LogP contribution in [0.3, 0.4) is 0 Å². The van der Waals surface area contributed by atoms with Gasteiger partial charge in [0.05, 0.1) is 11.6 Å². The number of nitriles is 1. The number of fused-ring (bicyclic) bond motifs is 3. The maximum absolute atomic E-state index is 9.40. The van der Waals surface area contributed by atoms with Crippen molar-refractivity contribution in [2.75, 3.05) is 0 Å². The van der Waals surface area contributed by atoms with Gasteiger partial charge in [-0.15, -0.1) is 0 Å². The normalized spacial score (nSPS) is 11.1. The van der Waals surface area contributed by atoms with E-state index in [1.165, 1.54) is 30.4 Å². The van der Waals surface area contributed by atoms with E-state index in [0.717, 1.165) is 38.9 Å². The standard InChI is InChI=1S/C46H28N4Se/c47-29-30-9-7-14-37(27-30)33-19-23-36(24-20-33)45-48-44(35-21-17-32(18-22-35)31-10-3-1-4-11-31)49-46(50-45)38-25-26-40-42(28-38)51-41-16-8-15-39(43(40)41)34-12-5-2-6-13-34/h1-28H. The molecule has 5 heteroatoms. The van der Waals surface area contributed by atoms with Crippen LogP contribution in [-0.4, -0.2) is 29.5 Å². The van der Waals surface area contributed by atoms with Gasteiger partial charge in [0.1, 0.15) is 0 Å². The van der Waals surface area contributed by atoms with Gasteiger partial charge >= 0.3 is 256 Å². The van der Waals surface area contributed by atoms with E-state index in [1.807, 2.05) is 42.5 Å². The quantitative estimate of drug-likeness (QED) is 0.161. The first-order valence-corrected chi connectivity index (χ1v) is 18.5. The van der Waals surface area contributed by atoms with Crippen LogP contribution in [0.2, 0.25) is 0 Å². The molecule has 4 nitrogen and oxygen atoms in total. The van der Waals surface area contributed by atoms with Crippen LogP contribution in [0.1, 0.15) is 5.56 Å². The fourth-order valence-electron chi connectivity index (χ4n) is 6.61. The number of hydrogen-bond acceptors (Lipinski definition) is 4. The number of nitrogens with zero attached hydrogens (tertiary/aromatic N) is 4. The van der Waals surface area contributed by atoms with Gasteiger partial charge in [-0.2, -0.15) is 5.26 Å². The molecule has 0 bridgehead atoms. The first kappa shape index (κ1) is 30.6. The van der Waals surface area contributed by atoms with Gasteiger partial charge in [-0.05, 0) is 6.07 Å². The number of hydrogen-bond donors (Lipinski definition) is 0. The van der Waals surface area contributed by atoms with Crippen LogP contribution in [0.4, 0.5) is 0 Å². The van der Waals surface area contributed by atoms with Crippen molar-refractivity contribution in [1.82, 2.24) is 15.0 Å². The zero-order chi connectivity index (χ0) is 34.1. The Morgan fingerprint density at radius 2 is 0.902 bits per heavy atom. The van der Waals surface area contributed by atoms with E-state index in [1.54, 1.807) is 0 Å². The molecule has 0 aliphatic carbocycles. The molecule has 0 aliphatic heterocycles. The summed E-state index contributed by atoms with van der Waals surface area (Å²) in [7, 11) is 0. The molecule has 238 valence electrons. The van der Waals surface area contributed by atoms with E-state index in [4.69, 9.17) is 15.0 Å². The van der Waals surface area contributed by atoms with Crippen LogP contribution < -0.4 is 0 Å². The molecule has 51 heavy (non-hydrogen) atoms. The molecule has 0 aliphatic rings. The SMILES string of the molecule is N#Cc1cccc(-c2ccc(-c3nc(-c4ccc(-c5ccccc5)cc4)nc(-c4ccc5c(c4)[se]c4cccc(-c6ccccc6)c45)n3)cc2)c1. The molecule has 9 aromatic rings. The van der Waals surface area contributed by atoms with Crippen LogP contribution in [-0.2, 0) is 0 Å². The van der Waals surface area contributed by atoms with Gasteiger partial charge in [0.25, 0.3) is 0 Å². The molecular weight excluding hydrogens is 687 g/mol. The second kappa shape index (κ2) is 13.1. The summed E-state index contributed by atoms with van der Waals surface area (Å²) in [6, 6.07) is 60.9. The van der Waals surface area contributed by atoms with Crippen molar-refractivity contribution >= 4 is 33.8 Å². The van der Waals surface area contributed by atoms with Crippen molar-refractivity contribution in [1.29, 1.82) is 5.26 Å². The summed E-state index contributed by atoms with van der Waals surface area (Å²) in [4.78, 5) is 15.2. The summed E-state index contributed by atoms with van der Waals surface area (Å²) in [5.41, 5.74) is 10.3. The topological polar surface area (TPSA) is 62.5 Å². The fourth-order valence-corrected chi connectivity index (χ4v) is 9.07. The predicted octanol–water partition coefficient (Wildman–Crippen LogP) is 11.1. The van der Waals surface area contributed by atoms with Crippen LogP contribution in [0.5, 0.6) is 0 Å². The third-order valence-electron chi connectivity index (χ3n) is 9.19. The van der Waals surface area contributed by atoms with E-state index < -0.39 is 0 Å². The summed E-state index contributed by atoms with van der Waals surface area (Å²) >= 11 is 0.163. The monoisotopic (exact) mass is 716 g/mol. The molecule has 0 spiro atoms. The molecule has 9 rings (SSSR count). The van der Waals surface area contributed by atoms with Gasteiger partial charge < -0.3 is 0 Å². The molecule has 0 saturated heterocycles. The molecule has 0 N–H and O–H groups in total.